The van der Waals surface area contributed by atoms with Crippen molar-refractivity contribution in [3.8, 4) is 0 Å². The molecule has 5 heteroatoms. The van der Waals surface area contributed by atoms with E-state index in [-0.39, 0.29) is 0 Å². The molecule has 4 nitrogen and oxygen atoms in total. The maximum Gasteiger partial charge on any atom is 0.152 e. The van der Waals surface area contributed by atoms with Crippen LogP contribution in [0.1, 0.15) is 26.7 Å². The van der Waals surface area contributed by atoms with Crippen molar-refractivity contribution < 1.29 is 8.42 Å². The summed E-state index contributed by atoms with van der Waals surface area (Å²) in [5, 5.41) is 3.18. The van der Waals surface area contributed by atoms with Gasteiger partial charge < -0.3 is 5.32 Å². The van der Waals surface area contributed by atoms with Crippen molar-refractivity contribution in [1.29, 1.82) is 0 Å². The van der Waals surface area contributed by atoms with E-state index in [0.29, 0.717) is 36.6 Å². The summed E-state index contributed by atoms with van der Waals surface area (Å²) in [7, 11) is -0.790. The summed E-state index contributed by atoms with van der Waals surface area (Å²) in [5.74, 6) is 1.33. The molecule has 0 aliphatic carbocycles. The van der Waals surface area contributed by atoms with E-state index in [9.17, 15) is 8.42 Å². The second-order valence-corrected chi connectivity index (χ2v) is 7.67. The molecule has 1 heterocycles. The molecule has 1 saturated heterocycles. The van der Waals surface area contributed by atoms with Crippen LogP contribution in [-0.4, -0.2) is 57.5 Å². The summed E-state index contributed by atoms with van der Waals surface area (Å²) in [6.45, 7) is 6.88. The first-order valence-corrected chi connectivity index (χ1v) is 8.36. The van der Waals surface area contributed by atoms with Gasteiger partial charge in [-0.3, -0.25) is 4.90 Å². The van der Waals surface area contributed by atoms with E-state index in [1.807, 2.05) is 7.05 Å². The molecule has 0 spiro atoms. The molecular formula is C12H26N2O2S. The SMILES string of the molecule is CNCCC(CC(C)C)N1CCS(=O)(=O)CC1. The second-order valence-electron chi connectivity index (χ2n) is 5.36. The van der Waals surface area contributed by atoms with Crippen LogP contribution in [0, 0.1) is 5.92 Å². The smallest absolute Gasteiger partial charge is 0.152 e. The predicted molar refractivity (Wildman–Crippen MR) is 72.0 cm³/mol. The second kappa shape index (κ2) is 6.71. The van der Waals surface area contributed by atoms with Crippen molar-refractivity contribution in [2.24, 2.45) is 5.92 Å². The highest BCUT2D eigenvalue weighted by molar-refractivity contribution is 7.91. The molecule has 0 aromatic heterocycles. The lowest BCUT2D eigenvalue weighted by atomic mass is 9.99. The third-order valence-corrected chi connectivity index (χ3v) is 4.98. The molecule has 1 fully saturated rings. The zero-order valence-electron chi connectivity index (χ0n) is 11.3. The van der Waals surface area contributed by atoms with Gasteiger partial charge in [0.2, 0.25) is 0 Å². The highest BCUT2D eigenvalue weighted by atomic mass is 32.2. The molecule has 0 aromatic rings. The Bertz CT molecular complexity index is 300. The van der Waals surface area contributed by atoms with Crippen LogP contribution in [0.2, 0.25) is 0 Å². The number of hydrogen-bond acceptors (Lipinski definition) is 4. The molecule has 102 valence electrons. The molecule has 0 amide bonds. The number of sulfone groups is 1. The minimum atomic E-state index is -2.76. The van der Waals surface area contributed by atoms with Gasteiger partial charge in [0, 0.05) is 19.1 Å². The van der Waals surface area contributed by atoms with Crippen molar-refractivity contribution in [3.05, 3.63) is 0 Å². The average molecular weight is 262 g/mol. The number of nitrogens with zero attached hydrogens (tertiary/aromatic N) is 1. The fourth-order valence-electron chi connectivity index (χ4n) is 2.40. The minimum Gasteiger partial charge on any atom is -0.320 e. The van der Waals surface area contributed by atoms with Gasteiger partial charge in [-0.2, -0.15) is 0 Å². The minimum absolute atomic E-state index is 0.334. The van der Waals surface area contributed by atoms with Crippen molar-refractivity contribution in [3.63, 3.8) is 0 Å². The normalized spacial score (nSPS) is 22.8. The molecule has 1 atom stereocenters. The molecule has 0 bridgehead atoms. The van der Waals surface area contributed by atoms with Crippen LogP contribution in [0.25, 0.3) is 0 Å². The lowest BCUT2D eigenvalue weighted by Crippen LogP contribution is -2.47. The zero-order chi connectivity index (χ0) is 12.9. The van der Waals surface area contributed by atoms with E-state index in [2.05, 4.69) is 24.1 Å². The highest BCUT2D eigenvalue weighted by Gasteiger charge is 2.26. The molecule has 0 radical (unpaired) electrons. The van der Waals surface area contributed by atoms with Gasteiger partial charge in [-0.15, -0.1) is 0 Å². The molecule has 1 N–H and O–H groups in total. The van der Waals surface area contributed by atoms with Gasteiger partial charge in [0.1, 0.15) is 0 Å². The fourth-order valence-corrected chi connectivity index (χ4v) is 3.63. The summed E-state index contributed by atoms with van der Waals surface area (Å²) < 4.78 is 22.8. The van der Waals surface area contributed by atoms with Crippen molar-refractivity contribution in [2.45, 2.75) is 32.7 Å². The van der Waals surface area contributed by atoms with Crippen molar-refractivity contribution in [1.82, 2.24) is 10.2 Å². The first-order chi connectivity index (χ1) is 7.94. The monoisotopic (exact) mass is 262 g/mol. The van der Waals surface area contributed by atoms with Gasteiger partial charge in [-0.05, 0) is 32.4 Å². The van der Waals surface area contributed by atoms with Gasteiger partial charge in [0.05, 0.1) is 11.5 Å². The van der Waals surface area contributed by atoms with Gasteiger partial charge >= 0.3 is 0 Å². The van der Waals surface area contributed by atoms with Crippen LogP contribution in [0.5, 0.6) is 0 Å². The standard InChI is InChI=1S/C12H26N2O2S/c1-11(2)10-12(4-5-13-3)14-6-8-17(15,16)9-7-14/h11-13H,4-10H2,1-3H3. The van der Waals surface area contributed by atoms with E-state index < -0.39 is 9.84 Å². The molecule has 1 rings (SSSR count). The Hall–Kier alpha value is -0.130. The predicted octanol–water partition coefficient (Wildman–Crippen LogP) is 0.741. The molecule has 1 unspecified atom stereocenters. The largest absolute Gasteiger partial charge is 0.320 e. The first kappa shape index (κ1) is 14.9. The van der Waals surface area contributed by atoms with Crippen molar-refractivity contribution in [2.75, 3.05) is 38.2 Å². The van der Waals surface area contributed by atoms with Crippen LogP contribution in [0.15, 0.2) is 0 Å². The third kappa shape index (κ3) is 5.36. The van der Waals surface area contributed by atoms with Crippen LogP contribution in [0.4, 0.5) is 0 Å². The van der Waals surface area contributed by atoms with Crippen molar-refractivity contribution >= 4 is 9.84 Å². The molecule has 1 aliphatic heterocycles. The van der Waals surface area contributed by atoms with Crippen LogP contribution < -0.4 is 5.32 Å². The number of hydrogen-bond donors (Lipinski definition) is 1. The van der Waals surface area contributed by atoms with Gasteiger partial charge in [0.25, 0.3) is 0 Å². The number of rotatable bonds is 6. The maximum atomic E-state index is 11.4. The van der Waals surface area contributed by atoms with E-state index in [4.69, 9.17) is 0 Å². The number of nitrogens with one attached hydrogen (secondary N) is 1. The molecule has 17 heavy (non-hydrogen) atoms. The zero-order valence-corrected chi connectivity index (χ0v) is 12.1. The molecule has 0 saturated carbocycles. The quantitative estimate of drug-likeness (QED) is 0.767. The Kier molecular flexibility index (Phi) is 5.89. The Morgan fingerprint density at radius 3 is 2.29 bits per heavy atom. The summed E-state index contributed by atoms with van der Waals surface area (Å²) in [5.41, 5.74) is 0. The Morgan fingerprint density at radius 1 is 1.24 bits per heavy atom. The summed E-state index contributed by atoms with van der Waals surface area (Å²) in [4.78, 5) is 2.36. The molecule has 1 aliphatic rings. The van der Waals surface area contributed by atoms with Gasteiger partial charge in [0.15, 0.2) is 9.84 Å². The Balaban J connectivity index is 2.52. The maximum absolute atomic E-state index is 11.4. The lowest BCUT2D eigenvalue weighted by molar-refractivity contribution is 0.177. The van der Waals surface area contributed by atoms with E-state index in [0.717, 1.165) is 19.4 Å². The van der Waals surface area contributed by atoms with Gasteiger partial charge in [-0.1, -0.05) is 13.8 Å². The highest BCUT2D eigenvalue weighted by Crippen LogP contribution is 2.17. The van der Waals surface area contributed by atoms with Crippen LogP contribution >= 0.6 is 0 Å². The lowest BCUT2D eigenvalue weighted by Gasteiger charge is -2.35. The summed E-state index contributed by atoms with van der Waals surface area (Å²) >= 11 is 0. The molecule has 0 aromatic carbocycles. The first-order valence-electron chi connectivity index (χ1n) is 6.53. The molecular weight excluding hydrogens is 236 g/mol. The van der Waals surface area contributed by atoms with Crippen LogP contribution in [-0.2, 0) is 9.84 Å². The van der Waals surface area contributed by atoms with Gasteiger partial charge in [-0.25, -0.2) is 8.42 Å². The third-order valence-electron chi connectivity index (χ3n) is 3.37. The van der Waals surface area contributed by atoms with E-state index >= 15 is 0 Å². The summed E-state index contributed by atoms with van der Waals surface area (Å²) in [6, 6.07) is 0.526. The summed E-state index contributed by atoms with van der Waals surface area (Å²) in [6.07, 6.45) is 2.26. The van der Waals surface area contributed by atoms with Crippen LogP contribution in [0.3, 0.4) is 0 Å². The Morgan fingerprint density at radius 2 is 1.82 bits per heavy atom. The van der Waals surface area contributed by atoms with E-state index in [1.165, 1.54) is 0 Å². The Labute approximate surface area is 106 Å². The fraction of sp³-hybridized carbons (Fsp3) is 1.00. The van der Waals surface area contributed by atoms with E-state index in [1.54, 1.807) is 0 Å². The average Bonchev–Trinajstić information content (AvgIpc) is 2.24. The topological polar surface area (TPSA) is 49.4 Å².